The zero-order valence-electron chi connectivity index (χ0n) is 19.6. The molecule has 2 heterocycles. The van der Waals surface area contributed by atoms with Gasteiger partial charge in [-0.3, -0.25) is 19.1 Å². The number of amides is 1. The Morgan fingerprint density at radius 2 is 1.91 bits per heavy atom. The SMILES string of the molecule is CCc1ccc(C(CNC(=O)c2cc(C3CC3)nc3c2c(=O)[nH]c(=O)n3CC)N(C)C)cc1. The predicted octanol–water partition coefficient (Wildman–Crippen LogP) is 2.58. The number of likely N-dealkylation sites (N-methyl/N-ethyl adjacent to an activating group) is 1. The van der Waals surface area contributed by atoms with Gasteiger partial charge in [0, 0.05) is 24.7 Å². The van der Waals surface area contributed by atoms with E-state index >= 15 is 0 Å². The first-order valence-electron chi connectivity index (χ1n) is 11.5. The zero-order valence-corrected chi connectivity index (χ0v) is 19.6. The van der Waals surface area contributed by atoms with Gasteiger partial charge < -0.3 is 10.2 Å². The smallest absolute Gasteiger partial charge is 0.329 e. The molecule has 174 valence electrons. The molecule has 4 rings (SSSR count). The van der Waals surface area contributed by atoms with E-state index in [1.54, 1.807) is 6.07 Å². The molecule has 1 aromatic carbocycles. The van der Waals surface area contributed by atoms with E-state index in [0.717, 1.165) is 30.5 Å². The van der Waals surface area contributed by atoms with Crippen LogP contribution in [-0.2, 0) is 13.0 Å². The van der Waals surface area contributed by atoms with E-state index in [-0.39, 0.29) is 34.5 Å². The van der Waals surface area contributed by atoms with Gasteiger partial charge in [-0.25, -0.2) is 9.78 Å². The molecule has 1 saturated carbocycles. The average Bonchev–Trinajstić information content (AvgIpc) is 3.64. The number of hydrogen-bond donors (Lipinski definition) is 2. The van der Waals surface area contributed by atoms with Crippen molar-refractivity contribution in [3.05, 3.63) is 73.6 Å². The minimum atomic E-state index is -0.584. The Kier molecular flexibility index (Phi) is 6.47. The molecular weight excluding hydrogens is 418 g/mol. The molecule has 1 amide bonds. The lowest BCUT2D eigenvalue weighted by atomic mass is 10.0. The van der Waals surface area contributed by atoms with Crippen molar-refractivity contribution < 1.29 is 4.79 Å². The van der Waals surface area contributed by atoms with E-state index < -0.39 is 11.2 Å². The highest BCUT2D eigenvalue weighted by Crippen LogP contribution is 2.39. The second-order valence-electron chi connectivity index (χ2n) is 8.86. The molecule has 0 radical (unpaired) electrons. The number of aromatic amines is 1. The number of rotatable bonds is 8. The van der Waals surface area contributed by atoms with Crippen molar-refractivity contribution >= 4 is 16.9 Å². The van der Waals surface area contributed by atoms with Crippen LogP contribution in [0.5, 0.6) is 0 Å². The summed E-state index contributed by atoms with van der Waals surface area (Å²) in [5.74, 6) is -0.0691. The zero-order chi connectivity index (χ0) is 23.7. The highest BCUT2D eigenvalue weighted by Gasteiger charge is 2.29. The summed E-state index contributed by atoms with van der Waals surface area (Å²) in [5, 5.41) is 3.18. The third-order valence-corrected chi connectivity index (χ3v) is 6.38. The van der Waals surface area contributed by atoms with Crippen LogP contribution in [0.15, 0.2) is 39.9 Å². The van der Waals surface area contributed by atoms with Gasteiger partial charge in [-0.05, 0) is 57.5 Å². The van der Waals surface area contributed by atoms with Gasteiger partial charge in [0.1, 0.15) is 0 Å². The van der Waals surface area contributed by atoms with Crippen molar-refractivity contribution in [3.63, 3.8) is 0 Å². The summed E-state index contributed by atoms with van der Waals surface area (Å²) in [5.41, 5.74) is 2.58. The van der Waals surface area contributed by atoms with Crippen molar-refractivity contribution in [2.45, 2.75) is 51.6 Å². The number of carbonyl (C=O) groups excluding carboxylic acids is 1. The van der Waals surface area contributed by atoms with Crippen molar-refractivity contribution in [1.82, 2.24) is 24.8 Å². The van der Waals surface area contributed by atoms with Gasteiger partial charge >= 0.3 is 5.69 Å². The molecule has 0 saturated heterocycles. The topological polar surface area (TPSA) is 100 Å². The first kappa shape index (κ1) is 22.9. The summed E-state index contributed by atoms with van der Waals surface area (Å²) in [4.78, 5) is 47.4. The van der Waals surface area contributed by atoms with Gasteiger partial charge in [0.05, 0.1) is 17.0 Å². The van der Waals surface area contributed by atoms with Gasteiger partial charge in [-0.1, -0.05) is 31.2 Å². The Morgan fingerprint density at radius 1 is 1.21 bits per heavy atom. The fraction of sp³-hybridized carbons (Fsp3) is 0.440. The fourth-order valence-electron chi connectivity index (χ4n) is 4.21. The van der Waals surface area contributed by atoms with Crippen LogP contribution in [0.1, 0.15) is 65.8 Å². The van der Waals surface area contributed by atoms with Crippen molar-refractivity contribution in [2.24, 2.45) is 0 Å². The summed E-state index contributed by atoms with van der Waals surface area (Å²) >= 11 is 0. The monoisotopic (exact) mass is 449 g/mol. The number of carbonyl (C=O) groups is 1. The lowest BCUT2D eigenvalue weighted by Crippen LogP contribution is -2.36. The Bertz CT molecular complexity index is 1290. The molecule has 0 bridgehead atoms. The first-order chi connectivity index (χ1) is 15.8. The Hall–Kier alpha value is -3.26. The number of fused-ring (bicyclic) bond motifs is 1. The van der Waals surface area contributed by atoms with Crippen LogP contribution in [0.3, 0.4) is 0 Å². The van der Waals surface area contributed by atoms with Gasteiger partial charge in [0.15, 0.2) is 5.65 Å². The molecule has 8 nitrogen and oxygen atoms in total. The van der Waals surface area contributed by atoms with Crippen LogP contribution in [0.25, 0.3) is 11.0 Å². The minimum absolute atomic E-state index is 0.0250. The largest absolute Gasteiger partial charge is 0.350 e. The number of hydrogen-bond acceptors (Lipinski definition) is 5. The first-order valence-corrected chi connectivity index (χ1v) is 11.5. The molecule has 1 atom stereocenters. The van der Waals surface area contributed by atoms with E-state index in [1.165, 1.54) is 10.1 Å². The van der Waals surface area contributed by atoms with Crippen LogP contribution in [0.2, 0.25) is 0 Å². The molecule has 2 aromatic heterocycles. The maximum absolute atomic E-state index is 13.4. The Balaban J connectivity index is 1.69. The molecular formula is C25H31N5O3. The maximum atomic E-state index is 13.4. The molecule has 0 aliphatic heterocycles. The maximum Gasteiger partial charge on any atom is 0.329 e. The third kappa shape index (κ3) is 4.61. The van der Waals surface area contributed by atoms with E-state index in [0.29, 0.717) is 13.1 Å². The van der Waals surface area contributed by atoms with Crippen LogP contribution in [0, 0.1) is 0 Å². The average molecular weight is 450 g/mol. The number of pyridine rings is 1. The normalized spacial score (nSPS) is 14.6. The molecule has 33 heavy (non-hydrogen) atoms. The molecule has 1 unspecified atom stereocenters. The second kappa shape index (κ2) is 9.31. The summed E-state index contributed by atoms with van der Waals surface area (Å²) in [6.07, 6.45) is 2.96. The lowest BCUT2D eigenvalue weighted by molar-refractivity contribution is 0.0943. The van der Waals surface area contributed by atoms with Crippen molar-refractivity contribution in [2.75, 3.05) is 20.6 Å². The number of H-pyrrole nitrogens is 1. The standard InChI is InChI=1S/C25H31N5O3/c1-5-15-7-9-17(10-8-15)20(29(3)4)14-26-23(31)18-13-19(16-11-12-16)27-22-21(18)24(32)28-25(33)30(22)6-2/h7-10,13,16,20H,5-6,11-12,14H2,1-4H3,(H,26,31)(H,28,32,33). The van der Waals surface area contributed by atoms with Crippen molar-refractivity contribution in [1.29, 1.82) is 0 Å². The number of aromatic nitrogens is 3. The van der Waals surface area contributed by atoms with Crippen LogP contribution >= 0.6 is 0 Å². The Morgan fingerprint density at radius 3 is 2.48 bits per heavy atom. The molecule has 0 spiro atoms. The molecule has 1 aliphatic rings. The summed E-state index contributed by atoms with van der Waals surface area (Å²) in [6, 6.07) is 10.1. The molecule has 8 heteroatoms. The fourth-order valence-corrected chi connectivity index (χ4v) is 4.21. The predicted molar refractivity (Wildman–Crippen MR) is 129 cm³/mol. The number of nitrogens with one attached hydrogen (secondary N) is 2. The quantitative estimate of drug-likeness (QED) is 0.551. The van der Waals surface area contributed by atoms with E-state index in [1.807, 2.05) is 21.0 Å². The summed E-state index contributed by atoms with van der Waals surface area (Å²) in [6.45, 7) is 4.67. The molecule has 1 fully saturated rings. The highest BCUT2D eigenvalue weighted by atomic mass is 16.2. The third-order valence-electron chi connectivity index (χ3n) is 6.38. The minimum Gasteiger partial charge on any atom is -0.350 e. The van der Waals surface area contributed by atoms with Crippen LogP contribution in [0.4, 0.5) is 0 Å². The molecule has 3 aromatic rings. The van der Waals surface area contributed by atoms with E-state index in [2.05, 4.69) is 51.4 Å². The highest BCUT2D eigenvalue weighted by molar-refractivity contribution is 6.05. The molecule has 1 aliphatic carbocycles. The van der Waals surface area contributed by atoms with E-state index in [9.17, 15) is 14.4 Å². The number of benzene rings is 1. The Labute approximate surface area is 192 Å². The van der Waals surface area contributed by atoms with Gasteiger partial charge in [0.2, 0.25) is 0 Å². The molecule has 2 N–H and O–H groups in total. The van der Waals surface area contributed by atoms with E-state index in [4.69, 9.17) is 0 Å². The van der Waals surface area contributed by atoms with Gasteiger partial charge in [-0.15, -0.1) is 0 Å². The number of nitrogens with zero attached hydrogens (tertiary/aromatic N) is 3. The number of aryl methyl sites for hydroxylation is 2. The summed E-state index contributed by atoms with van der Waals surface area (Å²) in [7, 11) is 3.95. The van der Waals surface area contributed by atoms with Crippen LogP contribution in [-0.4, -0.2) is 46.0 Å². The van der Waals surface area contributed by atoms with Gasteiger partial charge in [-0.2, -0.15) is 0 Å². The summed E-state index contributed by atoms with van der Waals surface area (Å²) < 4.78 is 1.41. The second-order valence-corrected chi connectivity index (χ2v) is 8.86. The lowest BCUT2D eigenvalue weighted by Gasteiger charge is -2.25. The van der Waals surface area contributed by atoms with Crippen molar-refractivity contribution in [3.8, 4) is 0 Å². The van der Waals surface area contributed by atoms with Crippen LogP contribution < -0.4 is 16.6 Å². The van der Waals surface area contributed by atoms with Gasteiger partial charge in [0.25, 0.3) is 11.5 Å².